The highest BCUT2D eigenvalue weighted by Gasteiger charge is 2.18. The zero-order valence-electron chi connectivity index (χ0n) is 17.1. The summed E-state index contributed by atoms with van der Waals surface area (Å²) in [6.07, 6.45) is 2.61. The van der Waals surface area contributed by atoms with E-state index in [-0.39, 0.29) is 5.91 Å². The van der Waals surface area contributed by atoms with Crippen LogP contribution in [0, 0.1) is 0 Å². The fourth-order valence-electron chi connectivity index (χ4n) is 3.70. The molecule has 2 heterocycles. The highest BCUT2D eigenvalue weighted by molar-refractivity contribution is 5.94. The summed E-state index contributed by atoms with van der Waals surface area (Å²) < 4.78 is 5.26. The van der Waals surface area contributed by atoms with Crippen LogP contribution < -0.4 is 10.6 Å². The quantitative estimate of drug-likeness (QED) is 0.507. The molecule has 2 N–H and O–H groups in total. The van der Waals surface area contributed by atoms with E-state index in [0.29, 0.717) is 18.7 Å². The Labute approximate surface area is 176 Å². The van der Waals surface area contributed by atoms with Crippen molar-refractivity contribution in [2.75, 3.05) is 13.6 Å². The van der Waals surface area contributed by atoms with Crippen molar-refractivity contribution in [2.24, 2.45) is 4.99 Å². The van der Waals surface area contributed by atoms with Crippen LogP contribution in [0.4, 0.5) is 0 Å². The van der Waals surface area contributed by atoms with Crippen LogP contribution in [-0.4, -0.2) is 30.4 Å². The molecular formula is C24H26N4O2. The second-order valence-electron chi connectivity index (χ2n) is 7.30. The Hall–Kier alpha value is -3.54. The molecule has 0 fully saturated rings. The molecule has 4 rings (SSSR count). The Balaban J connectivity index is 1.35. The second kappa shape index (κ2) is 9.31. The van der Waals surface area contributed by atoms with E-state index in [2.05, 4.69) is 44.8 Å². The highest BCUT2D eigenvalue weighted by Crippen LogP contribution is 2.18. The first-order valence-corrected chi connectivity index (χ1v) is 10.1. The van der Waals surface area contributed by atoms with Gasteiger partial charge >= 0.3 is 0 Å². The Kier molecular flexibility index (Phi) is 6.13. The first-order chi connectivity index (χ1) is 14.7. The molecule has 154 valence electrons. The number of aliphatic imine (C=N–C) groups is 1. The number of furan rings is 1. The van der Waals surface area contributed by atoms with Gasteiger partial charge in [0.1, 0.15) is 5.76 Å². The molecule has 0 aliphatic carbocycles. The topological polar surface area (TPSA) is 69.9 Å². The van der Waals surface area contributed by atoms with Gasteiger partial charge in [-0.1, -0.05) is 36.4 Å². The number of guanidine groups is 1. The van der Waals surface area contributed by atoms with Crippen LogP contribution in [0.25, 0.3) is 0 Å². The molecule has 3 aromatic rings. The molecule has 30 heavy (non-hydrogen) atoms. The lowest BCUT2D eigenvalue weighted by Crippen LogP contribution is -2.43. The number of rotatable bonds is 5. The van der Waals surface area contributed by atoms with Gasteiger partial charge in [-0.15, -0.1) is 0 Å². The molecule has 1 aliphatic heterocycles. The minimum Gasteiger partial charge on any atom is -0.467 e. The number of carbonyl (C=O) groups is 1. The van der Waals surface area contributed by atoms with Crippen molar-refractivity contribution in [2.45, 2.75) is 26.1 Å². The van der Waals surface area contributed by atoms with Gasteiger partial charge in [0.15, 0.2) is 5.96 Å². The number of nitrogens with one attached hydrogen (secondary N) is 2. The van der Waals surface area contributed by atoms with Gasteiger partial charge in [-0.3, -0.25) is 9.79 Å². The van der Waals surface area contributed by atoms with Crippen molar-refractivity contribution < 1.29 is 9.21 Å². The lowest BCUT2D eigenvalue weighted by atomic mass is 10.0. The van der Waals surface area contributed by atoms with Crippen LogP contribution in [0.5, 0.6) is 0 Å². The SMILES string of the molecule is CN=C(NCc1cccc(C(=O)NCc2ccco2)c1)N1CCc2ccccc2C1. The highest BCUT2D eigenvalue weighted by atomic mass is 16.3. The van der Waals surface area contributed by atoms with E-state index >= 15 is 0 Å². The standard InChI is InChI=1S/C24H26N4O2/c1-25-24(28-12-11-19-7-2-3-8-21(19)17-28)27-15-18-6-4-9-20(14-18)23(29)26-16-22-10-5-13-30-22/h2-10,13-14H,11-12,15-17H2,1H3,(H,25,27)(H,26,29). The molecule has 0 radical (unpaired) electrons. The predicted molar refractivity (Wildman–Crippen MR) is 117 cm³/mol. The molecular weight excluding hydrogens is 376 g/mol. The maximum atomic E-state index is 12.4. The minimum absolute atomic E-state index is 0.120. The average molecular weight is 402 g/mol. The number of hydrogen-bond donors (Lipinski definition) is 2. The van der Waals surface area contributed by atoms with Crippen molar-refractivity contribution in [3.63, 3.8) is 0 Å². The largest absolute Gasteiger partial charge is 0.467 e. The van der Waals surface area contributed by atoms with E-state index in [4.69, 9.17) is 4.42 Å². The zero-order valence-corrected chi connectivity index (χ0v) is 17.1. The summed E-state index contributed by atoms with van der Waals surface area (Å²) >= 11 is 0. The van der Waals surface area contributed by atoms with Gasteiger partial charge < -0.3 is 20.0 Å². The predicted octanol–water partition coefficient (Wildman–Crippen LogP) is 3.34. The van der Waals surface area contributed by atoms with Crippen LogP contribution in [0.15, 0.2) is 76.3 Å². The lowest BCUT2D eigenvalue weighted by Gasteiger charge is -2.31. The van der Waals surface area contributed by atoms with E-state index in [0.717, 1.165) is 36.8 Å². The van der Waals surface area contributed by atoms with Crippen LogP contribution in [0.1, 0.15) is 32.8 Å². The third-order valence-electron chi connectivity index (χ3n) is 5.29. The van der Waals surface area contributed by atoms with Crippen molar-refractivity contribution in [3.05, 3.63) is 94.9 Å². The van der Waals surface area contributed by atoms with Crippen molar-refractivity contribution >= 4 is 11.9 Å². The van der Waals surface area contributed by atoms with Crippen LogP contribution >= 0.6 is 0 Å². The summed E-state index contributed by atoms with van der Waals surface area (Å²) in [6, 6.07) is 19.8. The maximum Gasteiger partial charge on any atom is 0.251 e. The summed E-state index contributed by atoms with van der Waals surface area (Å²) in [7, 11) is 1.81. The van der Waals surface area contributed by atoms with Gasteiger partial charge in [0.2, 0.25) is 0 Å². The first kappa shape index (κ1) is 19.8. The molecule has 0 unspecified atom stereocenters. The second-order valence-corrected chi connectivity index (χ2v) is 7.30. The number of carbonyl (C=O) groups excluding carboxylic acids is 1. The van der Waals surface area contributed by atoms with Gasteiger partial charge in [0.25, 0.3) is 5.91 Å². The van der Waals surface area contributed by atoms with Gasteiger partial charge in [-0.25, -0.2) is 0 Å². The normalized spacial score (nSPS) is 13.6. The summed E-state index contributed by atoms with van der Waals surface area (Å²) in [5, 5.41) is 6.32. The monoisotopic (exact) mass is 402 g/mol. The Morgan fingerprint density at radius 2 is 1.90 bits per heavy atom. The number of fused-ring (bicyclic) bond motifs is 1. The smallest absolute Gasteiger partial charge is 0.251 e. The van der Waals surface area contributed by atoms with Gasteiger partial charge in [0.05, 0.1) is 12.8 Å². The van der Waals surface area contributed by atoms with E-state index in [9.17, 15) is 4.79 Å². The van der Waals surface area contributed by atoms with E-state index in [1.54, 1.807) is 13.3 Å². The van der Waals surface area contributed by atoms with Crippen molar-refractivity contribution in [3.8, 4) is 0 Å². The van der Waals surface area contributed by atoms with Gasteiger partial charge in [0, 0.05) is 32.2 Å². The van der Waals surface area contributed by atoms with Crippen molar-refractivity contribution in [1.29, 1.82) is 0 Å². The molecule has 1 amide bonds. The molecule has 0 spiro atoms. The van der Waals surface area contributed by atoms with E-state index < -0.39 is 0 Å². The molecule has 0 saturated carbocycles. The summed E-state index contributed by atoms with van der Waals surface area (Å²) in [5.41, 5.74) is 4.42. The van der Waals surface area contributed by atoms with Crippen LogP contribution in [-0.2, 0) is 26.1 Å². The molecule has 0 bridgehead atoms. The molecule has 1 aliphatic rings. The Morgan fingerprint density at radius 3 is 2.70 bits per heavy atom. The molecule has 1 aromatic heterocycles. The zero-order chi connectivity index (χ0) is 20.8. The van der Waals surface area contributed by atoms with Crippen LogP contribution in [0.3, 0.4) is 0 Å². The molecule has 6 heteroatoms. The number of nitrogens with zero attached hydrogens (tertiary/aromatic N) is 2. The fraction of sp³-hybridized carbons (Fsp3) is 0.250. The fourth-order valence-corrected chi connectivity index (χ4v) is 3.70. The third-order valence-corrected chi connectivity index (χ3v) is 5.29. The number of hydrogen-bond acceptors (Lipinski definition) is 3. The molecule has 0 atom stereocenters. The summed E-state index contributed by atoms with van der Waals surface area (Å²) in [5.74, 6) is 1.48. The third kappa shape index (κ3) is 4.71. The molecule has 0 saturated heterocycles. The van der Waals surface area contributed by atoms with Crippen molar-refractivity contribution in [1.82, 2.24) is 15.5 Å². The Bertz CT molecular complexity index is 1030. The Morgan fingerprint density at radius 1 is 1.03 bits per heavy atom. The van der Waals surface area contributed by atoms with Gasteiger partial charge in [-0.05, 0) is 47.4 Å². The van der Waals surface area contributed by atoms with Crippen LogP contribution in [0.2, 0.25) is 0 Å². The molecule has 6 nitrogen and oxygen atoms in total. The van der Waals surface area contributed by atoms with E-state index in [1.165, 1.54) is 11.1 Å². The maximum absolute atomic E-state index is 12.4. The van der Waals surface area contributed by atoms with Gasteiger partial charge in [-0.2, -0.15) is 0 Å². The first-order valence-electron chi connectivity index (χ1n) is 10.1. The summed E-state index contributed by atoms with van der Waals surface area (Å²) in [4.78, 5) is 19.2. The molecule has 2 aromatic carbocycles. The number of amides is 1. The number of benzene rings is 2. The van der Waals surface area contributed by atoms with E-state index in [1.807, 2.05) is 36.4 Å². The summed E-state index contributed by atoms with van der Waals surface area (Å²) in [6.45, 7) is 2.76. The minimum atomic E-state index is -0.120. The lowest BCUT2D eigenvalue weighted by molar-refractivity contribution is 0.0948. The average Bonchev–Trinajstić information content (AvgIpc) is 3.32.